The number of aliphatic carboxylic acids is 1. The van der Waals surface area contributed by atoms with Crippen LogP contribution in [0.15, 0.2) is 82.3 Å². The van der Waals surface area contributed by atoms with E-state index >= 15 is 0 Å². The molecule has 7 N–H and O–H groups in total. The molecular weight excluding hydrogens is 677 g/mol. The molecule has 0 spiro atoms. The Morgan fingerprint density at radius 3 is 2.68 bits per heavy atom. The zero-order valence-corrected chi connectivity index (χ0v) is 29.0. The van der Waals surface area contributed by atoms with Crippen molar-refractivity contribution in [3.63, 3.8) is 0 Å². The lowest BCUT2D eigenvalue weighted by Crippen LogP contribution is -2.46. The van der Waals surface area contributed by atoms with Crippen LogP contribution in [0.2, 0.25) is 0 Å². The molecule has 2 aromatic carbocycles. The Labute approximate surface area is 296 Å². The van der Waals surface area contributed by atoms with Crippen molar-refractivity contribution in [2.75, 3.05) is 49.0 Å². The minimum absolute atomic E-state index is 0.0827. The van der Waals surface area contributed by atoms with Crippen LogP contribution in [-0.2, 0) is 28.7 Å². The number of carboxylic acids is 1. The number of thiophene rings is 1. The van der Waals surface area contributed by atoms with E-state index in [-0.39, 0.29) is 23.8 Å². The number of nitrogens with two attached hydrogens (primary N) is 2. The van der Waals surface area contributed by atoms with Crippen molar-refractivity contribution in [2.45, 2.75) is 36.7 Å². The maximum absolute atomic E-state index is 14.0. The molecule has 4 aromatic rings. The van der Waals surface area contributed by atoms with Gasteiger partial charge >= 0.3 is 5.97 Å². The molecule has 15 heteroatoms. The Morgan fingerprint density at radius 1 is 1.10 bits per heavy atom. The first-order valence-electron chi connectivity index (χ1n) is 16.4. The summed E-state index contributed by atoms with van der Waals surface area (Å²) in [6.07, 6.45) is 4.89. The summed E-state index contributed by atoms with van der Waals surface area (Å²) < 4.78 is 22.9. The van der Waals surface area contributed by atoms with E-state index < -0.39 is 28.9 Å². The number of fused-ring (bicyclic) bond motifs is 1. The first kappa shape index (κ1) is 34.9. The van der Waals surface area contributed by atoms with Crippen molar-refractivity contribution < 1.29 is 23.6 Å². The number of carbonyl (C=O) groups is 2. The Hall–Kier alpha value is -4.99. The predicted octanol–water partition coefficient (Wildman–Crippen LogP) is 3.44. The quantitative estimate of drug-likeness (QED) is 0.0735. The van der Waals surface area contributed by atoms with Gasteiger partial charge in [0.2, 0.25) is 0 Å². The highest BCUT2D eigenvalue weighted by Crippen LogP contribution is 2.38. The normalized spacial score (nSPS) is 15.4. The number of pyridine rings is 1. The van der Waals surface area contributed by atoms with Crippen LogP contribution in [0.1, 0.15) is 33.6 Å². The number of rotatable bonds is 14. The number of aliphatic imine (C=N–C) groups is 1. The maximum atomic E-state index is 14.0. The maximum Gasteiger partial charge on any atom is 0.326 e. The fraction of sp³-hybridized carbons (Fsp3) is 0.314. The molecule has 1 fully saturated rings. The lowest BCUT2D eigenvalue weighted by molar-refractivity contribution is -0.139. The van der Waals surface area contributed by atoms with E-state index in [9.17, 15) is 18.9 Å². The van der Waals surface area contributed by atoms with Crippen molar-refractivity contribution >= 4 is 51.5 Å². The van der Waals surface area contributed by atoms with Gasteiger partial charge in [0.15, 0.2) is 16.9 Å². The highest BCUT2D eigenvalue weighted by atomic mass is 32.2. The van der Waals surface area contributed by atoms with Crippen LogP contribution in [0.5, 0.6) is 5.75 Å². The average molecular weight is 717 g/mol. The number of hydrogen-bond donors (Lipinski definition) is 5. The van der Waals surface area contributed by atoms with Crippen molar-refractivity contribution in [2.24, 2.45) is 16.5 Å². The third kappa shape index (κ3) is 8.41. The van der Waals surface area contributed by atoms with E-state index in [2.05, 4.69) is 54.1 Å². The van der Waals surface area contributed by atoms with Crippen molar-refractivity contribution in [3.8, 4) is 16.9 Å². The monoisotopic (exact) mass is 716 g/mol. The number of guanidine groups is 1. The summed E-state index contributed by atoms with van der Waals surface area (Å²) in [7, 11) is -1.80. The van der Waals surface area contributed by atoms with E-state index in [0.717, 1.165) is 66.4 Å². The Kier molecular flexibility index (Phi) is 11.3. The van der Waals surface area contributed by atoms with Gasteiger partial charge in [-0.25, -0.2) is 9.00 Å². The Morgan fingerprint density at radius 2 is 1.92 bits per heavy atom. The fourth-order valence-corrected chi connectivity index (χ4v) is 8.05. The van der Waals surface area contributed by atoms with Gasteiger partial charge in [-0.05, 0) is 70.8 Å². The summed E-state index contributed by atoms with van der Waals surface area (Å²) in [5.74, 6) is -1.26. The van der Waals surface area contributed by atoms with Gasteiger partial charge in [0, 0.05) is 51.9 Å². The summed E-state index contributed by atoms with van der Waals surface area (Å²) in [5.41, 5.74) is 16.3. The van der Waals surface area contributed by atoms with Crippen LogP contribution in [0.4, 0.5) is 11.4 Å². The summed E-state index contributed by atoms with van der Waals surface area (Å²) >= 11 is 1.12. The molecule has 0 saturated carbocycles. The number of amides is 1. The second-order valence-electron chi connectivity index (χ2n) is 12.0. The standard InChI is InChI=1S/C35H40N8O5S2/c36-35(37)39-12-4-8-29(34(45)46)40-33(44)32-28(10-18-49-32)41-50(47)30-20-25(19-23-9-17-48-31(23)30)27-7-2-1-5-24(27)22-42-13-15-43(16-14-42)26-6-3-11-38-21-26/h1-3,5-7,10-11,18-21,29,41H,4,8-9,12-17,22H2,(H,40,44)(H,45,46)(H4,36,37,39). The first-order valence-corrected chi connectivity index (χ1v) is 18.4. The number of carboxylic acid groups (broad SMARTS) is 1. The summed E-state index contributed by atoms with van der Waals surface area (Å²) in [5, 5.41) is 13.9. The third-order valence-corrected chi connectivity index (χ3v) is 10.7. The van der Waals surface area contributed by atoms with Crippen LogP contribution < -0.4 is 31.1 Å². The van der Waals surface area contributed by atoms with Crippen LogP contribution in [0, 0.1) is 0 Å². The van der Waals surface area contributed by atoms with Gasteiger partial charge in [0.05, 0.1) is 24.2 Å². The van der Waals surface area contributed by atoms with E-state index in [1.807, 2.05) is 30.5 Å². The average Bonchev–Trinajstić information content (AvgIpc) is 3.80. The SMILES string of the molecule is NC(N)=NCCCC(NC(=O)c1sccc1NS(=O)c1cc(-c2ccccc2CN2CCN(c3cccnc3)CC2)cc2c1OCC2)C(=O)O. The summed E-state index contributed by atoms with van der Waals surface area (Å²) in [6.45, 7) is 5.17. The highest BCUT2D eigenvalue weighted by Gasteiger charge is 2.27. The number of carbonyl (C=O) groups excluding carboxylic acids is 1. The molecule has 1 amide bonds. The molecule has 0 aliphatic carbocycles. The zero-order valence-electron chi connectivity index (χ0n) is 27.4. The van der Waals surface area contributed by atoms with Gasteiger partial charge < -0.3 is 31.5 Å². The van der Waals surface area contributed by atoms with Crippen LogP contribution in [-0.4, -0.2) is 82.4 Å². The van der Waals surface area contributed by atoms with Gasteiger partial charge in [-0.1, -0.05) is 24.3 Å². The number of hydrogen-bond acceptors (Lipinski definition) is 9. The molecule has 6 rings (SSSR count). The van der Waals surface area contributed by atoms with Gasteiger partial charge in [0.1, 0.15) is 21.6 Å². The van der Waals surface area contributed by atoms with Crippen molar-refractivity contribution in [3.05, 3.63) is 88.4 Å². The summed E-state index contributed by atoms with van der Waals surface area (Å²) in [4.78, 5) is 38.7. The molecule has 13 nitrogen and oxygen atoms in total. The van der Waals surface area contributed by atoms with Gasteiger partial charge in [-0.15, -0.1) is 11.3 Å². The number of aromatic nitrogens is 1. The molecule has 2 aliphatic rings. The smallest absolute Gasteiger partial charge is 0.326 e. The molecule has 2 aliphatic heterocycles. The van der Waals surface area contributed by atoms with Crippen LogP contribution >= 0.6 is 11.3 Å². The molecule has 2 aromatic heterocycles. The fourth-order valence-electron chi connectivity index (χ4n) is 6.16. The lowest BCUT2D eigenvalue weighted by Gasteiger charge is -2.36. The van der Waals surface area contributed by atoms with Crippen LogP contribution in [0.3, 0.4) is 0 Å². The van der Waals surface area contributed by atoms with E-state index in [1.54, 1.807) is 17.6 Å². The van der Waals surface area contributed by atoms with E-state index in [1.165, 1.54) is 5.56 Å². The number of anilines is 2. The van der Waals surface area contributed by atoms with Crippen molar-refractivity contribution in [1.29, 1.82) is 0 Å². The molecule has 0 bridgehead atoms. The van der Waals surface area contributed by atoms with Crippen LogP contribution in [0.25, 0.3) is 11.1 Å². The molecule has 1 saturated heterocycles. The number of nitrogens with one attached hydrogen (secondary N) is 2. The van der Waals surface area contributed by atoms with E-state index in [0.29, 0.717) is 35.8 Å². The first-order chi connectivity index (χ1) is 24.3. The largest absolute Gasteiger partial charge is 0.492 e. The third-order valence-electron chi connectivity index (χ3n) is 8.68. The van der Waals surface area contributed by atoms with Gasteiger partial charge in [-0.3, -0.25) is 24.4 Å². The van der Waals surface area contributed by atoms with Gasteiger partial charge in [0.25, 0.3) is 5.91 Å². The minimum Gasteiger partial charge on any atom is -0.492 e. The molecule has 50 heavy (non-hydrogen) atoms. The molecule has 2 unspecified atom stereocenters. The second kappa shape index (κ2) is 16.1. The van der Waals surface area contributed by atoms with Crippen molar-refractivity contribution in [1.82, 2.24) is 15.2 Å². The van der Waals surface area contributed by atoms with E-state index in [4.69, 9.17) is 16.2 Å². The number of ether oxygens (including phenoxy) is 1. The summed E-state index contributed by atoms with van der Waals surface area (Å²) in [6, 6.07) is 16.9. The molecule has 262 valence electrons. The molecule has 2 atom stereocenters. The number of piperazine rings is 1. The molecule has 0 radical (unpaired) electrons. The minimum atomic E-state index is -1.80. The highest BCUT2D eigenvalue weighted by molar-refractivity contribution is 7.86. The second-order valence-corrected chi connectivity index (χ2v) is 14.1. The predicted molar refractivity (Wildman–Crippen MR) is 196 cm³/mol. The number of benzene rings is 2. The Balaban J connectivity index is 1.17. The number of nitrogens with zero attached hydrogens (tertiary/aromatic N) is 4. The molecular formula is C35H40N8O5S2. The molecule has 4 heterocycles. The lowest BCUT2D eigenvalue weighted by atomic mass is 9.97. The Bertz CT molecular complexity index is 1870. The zero-order chi connectivity index (χ0) is 35.0. The topological polar surface area (TPSA) is 188 Å². The van der Waals surface area contributed by atoms with Gasteiger partial charge in [-0.2, -0.15) is 0 Å².